The van der Waals surface area contributed by atoms with Crippen molar-refractivity contribution in [1.29, 1.82) is 0 Å². The number of nitrogens with one attached hydrogen (secondary N) is 1. The number of halogens is 1. The fourth-order valence-electron chi connectivity index (χ4n) is 2.02. The molecule has 1 aromatic carbocycles. The van der Waals surface area contributed by atoms with Crippen molar-refractivity contribution in [2.45, 2.75) is 18.9 Å². The van der Waals surface area contributed by atoms with Crippen molar-refractivity contribution < 1.29 is 14.6 Å². The van der Waals surface area contributed by atoms with Crippen LogP contribution in [0.3, 0.4) is 0 Å². The molecule has 2 rings (SSSR count). The number of benzene rings is 1. The molecule has 0 aliphatic carbocycles. The van der Waals surface area contributed by atoms with E-state index < -0.39 is 12.1 Å². The Morgan fingerprint density at radius 2 is 2.22 bits per heavy atom. The fraction of sp³-hybridized carbons (Fsp3) is 0.308. The summed E-state index contributed by atoms with van der Waals surface area (Å²) in [4.78, 5) is 14.5. The van der Waals surface area contributed by atoms with Crippen LogP contribution in [0.15, 0.2) is 24.4 Å². The van der Waals surface area contributed by atoms with Gasteiger partial charge in [-0.3, -0.25) is 0 Å². The highest BCUT2D eigenvalue weighted by atomic mass is 127. The molecule has 0 fully saturated rings. The molecule has 0 saturated heterocycles. The lowest BCUT2D eigenvalue weighted by Gasteiger charge is -2.16. The molecule has 2 N–H and O–H groups in total. The summed E-state index contributed by atoms with van der Waals surface area (Å²) in [7, 11) is 1.28. The van der Waals surface area contributed by atoms with E-state index >= 15 is 0 Å². The number of rotatable bonds is 3. The van der Waals surface area contributed by atoms with Crippen LogP contribution >= 0.6 is 22.6 Å². The average molecular weight is 359 g/mol. The highest BCUT2D eigenvalue weighted by Crippen LogP contribution is 2.31. The van der Waals surface area contributed by atoms with Crippen molar-refractivity contribution in [2.24, 2.45) is 0 Å². The van der Waals surface area contributed by atoms with Gasteiger partial charge >= 0.3 is 5.97 Å². The number of carbonyl (C=O) groups excluding carboxylic acids is 1. The summed E-state index contributed by atoms with van der Waals surface area (Å²) in [6.07, 6.45) is 0.689. The minimum absolute atomic E-state index is 0.317. The van der Waals surface area contributed by atoms with E-state index in [4.69, 9.17) is 0 Å². The molecule has 0 aliphatic rings. The van der Waals surface area contributed by atoms with E-state index in [1.54, 1.807) is 0 Å². The molecule has 0 radical (unpaired) electrons. The number of fused-ring (bicyclic) bond motifs is 1. The maximum atomic E-state index is 11.4. The average Bonchev–Trinajstić information content (AvgIpc) is 2.81. The van der Waals surface area contributed by atoms with Crippen LogP contribution in [0, 0.1) is 3.57 Å². The Labute approximate surface area is 118 Å². The zero-order chi connectivity index (χ0) is 13.3. The molecule has 96 valence electrons. The van der Waals surface area contributed by atoms with Gasteiger partial charge in [-0.2, -0.15) is 0 Å². The normalized spacial score (nSPS) is 14.4. The number of aliphatic hydroxyl groups is 1. The van der Waals surface area contributed by atoms with Crippen LogP contribution in [0.4, 0.5) is 0 Å². The van der Waals surface area contributed by atoms with E-state index in [2.05, 4.69) is 32.3 Å². The van der Waals surface area contributed by atoms with Gasteiger partial charge in [-0.1, -0.05) is 13.0 Å². The van der Waals surface area contributed by atoms with Gasteiger partial charge in [-0.15, -0.1) is 0 Å². The second kappa shape index (κ2) is 5.27. The first-order valence-corrected chi connectivity index (χ1v) is 6.65. The molecule has 0 unspecified atom stereocenters. The number of H-pyrrole nitrogens is 1. The zero-order valence-corrected chi connectivity index (χ0v) is 12.3. The Bertz CT molecular complexity index is 579. The van der Waals surface area contributed by atoms with Gasteiger partial charge in [0, 0.05) is 26.6 Å². The van der Waals surface area contributed by atoms with Crippen LogP contribution < -0.4 is 0 Å². The minimum atomic E-state index is -1.15. The van der Waals surface area contributed by atoms with Crippen molar-refractivity contribution in [3.05, 3.63) is 33.5 Å². The van der Waals surface area contributed by atoms with Gasteiger partial charge in [0.15, 0.2) is 6.10 Å². The Balaban J connectivity index is 2.45. The lowest BCUT2D eigenvalue weighted by Crippen LogP contribution is -2.27. The van der Waals surface area contributed by atoms with Crippen molar-refractivity contribution in [3.8, 4) is 0 Å². The molecule has 0 spiro atoms. The first-order chi connectivity index (χ1) is 8.56. The maximum absolute atomic E-state index is 11.4. The van der Waals surface area contributed by atoms with Crippen molar-refractivity contribution in [1.82, 2.24) is 4.98 Å². The monoisotopic (exact) mass is 359 g/mol. The van der Waals surface area contributed by atoms with Crippen molar-refractivity contribution in [2.75, 3.05) is 7.11 Å². The Morgan fingerprint density at radius 1 is 1.50 bits per heavy atom. The van der Waals surface area contributed by atoms with E-state index in [9.17, 15) is 9.90 Å². The molecule has 4 nitrogen and oxygen atoms in total. The summed E-state index contributed by atoms with van der Waals surface area (Å²) in [6.45, 7) is 1.81. The van der Waals surface area contributed by atoms with Crippen LogP contribution in [-0.2, 0) is 9.53 Å². The van der Waals surface area contributed by atoms with E-state index in [0.29, 0.717) is 0 Å². The van der Waals surface area contributed by atoms with Crippen molar-refractivity contribution >= 4 is 39.5 Å². The van der Waals surface area contributed by atoms with Crippen LogP contribution in [-0.4, -0.2) is 29.3 Å². The number of aromatic amines is 1. The number of ether oxygens (including phenoxy) is 1. The number of esters is 1. The predicted octanol–water partition coefficient (Wildman–Crippen LogP) is 2.41. The van der Waals surface area contributed by atoms with Crippen LogP contribution in [0.5, 0.6) is 0 Å². The Morgan fingerprint density at radius 3 is 2.89 bits per heavy atom. The van der Waals surface area contributed by atoms with Gasteiger partial charge in [0.2, 0.25) is 0 Å². The third-order valence-electron chi connectivity index (χ3n) is 3.09. The van der Waals surface area contributed by atoms with Gasteiger partial charge in [-0.25, -0.2) is 4.79 Å². The largest absolute Gasteiger partial charge is 0.467 e. The summed E-state index contributed by atoms with van der Waals surface area (Å²) in [5.41, 5.74) is 1.92. The summed E-state index contributed by atoms with van der Waals surface area (Å²) < 4.78 is 5.66. The molecular formula is C13H14INO3. The van der Waals surface area contributed by atoms with Gasteiger partial charge < -0.3 is 14.8 Å². The molecule has 5 heteroatoms. The zero-order valence-electron chi connectivity index (χ0n) is 10.1. The lowest BCUT2D eigenvalue weighted by molar-refractivity contribution is -0.151. The summed E-state index contributed by atoms with van der Waals surface area (Å²) in [5.74, 6) is -0.926. The number of aliphatic hydroxyl groups excluding tert-OH is 1. The number of hydrogen-bond acceptors (Lipinski definition) is 3. The summed E-state index contributed by atoms with van der Waals surface area (Å²) in [6, 6.07) is 5.93. The van der Waals surface area contributed by atoms with E-state index in [0.717, 1.165) is 20.0 Å². The number of methoxy groups -OCH3 is 1. The smallest absolute Gasteiger partial charge is 0.335 e. The molecule has 2 aromatic rings. The van der Waals surface area contributed by atoms with Crippen LogP contribution in [0.2, 0.25) is 0 Å². The minimum Gasteiger partial charge on any atom is -0.467 e. The topological polar surface area (TPSA) is 62.3 Å². The quantitative estimate of drug-likeness (QED) is 0.654. The predicted molar refractivity (Wildman–Crippen MR) is 77.5 cm³/mol. The molecule has 0 aliphatic heterocycles. The summed E-state index contributed by atoms with van der Waals surface area (Å²) in [5, 5.41) is 11.0. The first kappa shape index (κ1) is 13.4. The van der Waals surface area contributed by atoms with Gasteiger partial charge in [0.05, 0.1) is 7.11 Å². The Kier molecular flexibility index (Phi) is 3.91. The molecule has 2 atom stereocenters. The third kappa shape index (κ3) is 2.24. The molecule has 1 aromatic heterocycles. The van der Waals surface area contributed by atoms with E-state index in [-0.39, 0.29) is 5.92 Å². The molecule has 0 amide bonds. The number of carbonyl (C=O) groups is 1. The van der Waals surface area contributed by atoms with Gasteiger partial charge in [0.1, 0.15) is 0 Å². The highest BCUT2D eigenvalue weighted by Gasteiger charge is 2.26. The highest BCUT2D eigenvalue weighted by molar-refractivity contribution is 14.1. The third-order valence-corrected chi connectivity index (χ3v) is 3.99. The second-order valence-electron chi connectivity index (χ2n) is 4.16. The molecule has 18 heavy (non-hydrogen) atoms. The van der Waals surface area contributed by atoms with Crippen LogP contribution in [0.1, 0.15) is 18.4 Å². The SMILES string of the molecule is COC(=O)[C@@H](O)[C@H](C)c1c[nH]c2cccc(I)c12. The van der Waals surface area contributed by atoms with E-state index in [1.807, 2.05) is 31.3 Å². The van der Waals surface area contributed by atoms with Gasteiger partial charge in [-0.05, 0) is 40.3 Å². The Hall–Kier alpha value is -1.08. The first-order valence-electron chi connectivity index (χ1n) is 5.57. The number of hydrogen-bond donors (Lipinski definition) is 2. The van der Waals surface area contributed by atoms with Gasteiger partial charge in [0.25, 0.3) is 0 Å². The molecule has 1 heterocycles. The van der Waals surface area contributed by atoms with E-state index in [1.165, 1.54) is 7.11 Å². The molecule has 0 saturated carbocycles. The molecular weight excluding hydrogens is 345 g/mol. The fourth-order valence-corrected chi connectivity index (χ4v) is 2.83. The summed E-state index contributed by atoms with van der Waals surface area (Å²) >= 11 is 2.25. The standard InChI is InChI=1S/C13H14INO3/c1-7(12(16)13(17)18-2)8-6-15-10-5-3-4-9(14)11(8)10/h3-7,12,15-16H,1-2H3/t7-,12+/m1/s1. The molecule has 0 bridgehead atoms. The maximum Gasteiger partial charge on any atom is 0.335 e. The second-order valence-corrected chi connectivity index (χ2v) is 5.33. The van der Waals surface area contributed by atoms with Crippen LogP contribution in [0.25, 0.3) is 10.9 Å². The number of aromatic nitrogens is 1. The lowest BCUT2D eigenvalue weighted by atomic mass is 9.95. The van der Waals surface area contributed by atoms with Crippen molar-refractivity contribution in [3.63, 3.8) is 0 Å².